The molecule has 0 N–H and O–H groups in total. The number of halogens is 2. The summed E-state index contributed by atoms with van der Waals surface area (Å²) in [6.45, 7) is 3.80. The number of ether oxygens (including phenoxy) is 1. The van der Waals surface area contributed by atoms with E-state index in [1.54, 1.807) is 36.4 Å². The Kier molecular flexibility index (Phi) is 10.7. The lowest BCUT2D eigenvalue weighted by Crippen LogP contribution is -2.00. The van der Waals surface area contributed by atoms with Gasteiger partial charge in [-0.15, -0.1) is 0 Å². The van der Waals surface area contributed by atoms with Crippen LogP contribution in [0.3, 0.4) is 0 Å². The maximum atomic E-state index is 12.8. The van der Waals surface area contributed by atoms with Crippen LogP contribution in [0.25, 0.3) is 22.3 Å². The highest BCUT2D eigenvalue weighted by Crippen LogP contribution is 2.42. The fourth-order valence-corrected chi connectivity index (χ4v) is 7.31. The summed E-state index contributed by atoms with van der Waals surface area (Å²) in [5.74, 6) is 1.19. The van der Waals surface area contributed by atoms with Gasteiger partial charge in [-0.1, -0.05) is 49.2 Å². The molecule has 9 nitrogen and oxygen atoms in total. The molecule has 224 valence electrons. The van der Waals surface area contributed by atoms with Crippen LogP contribution >= 0.6 is 23.2 Å². The first-order valence-electron chi connectivity index (χ1n) is 13.1. The lowest BCUT2D eigenvalue weighted by atomic mass is 10.0. The third-order valence-electron chi connectivity index (χ3n) is 6.32. The van der Waals surface area contributed by atoms with Gasteiger partial charge in [0.15, 0.2) is 0 Å². The number of hydrogen-bond acceptors (Lipinski definition) is 7. The molecule has 0 aliphatic rings. The van der Waals surface area contributed by atoms with Gasteiger partial charge in [-0.3, -0.25) is 28.6 Å². The highest BCUT2D eigenvalue weighted by molar-refractivity contribution is 7.85. The Bertz CT molecular complexity index is 1640. The first-order chi connectivity index (χ1) is 20.5. The molecule has 0 aliphatic heterocycles. The third-order valence-corrected chi connectivity index (χ3v) is 10.4. The monoisotopic (exact) mass is 660 g/mol. The van der Waals surface area contributed by atoms with Crippen LogP contribution in [0.15, 0.2) is 82.6 Å². The molecule has 0 saturated heterocycles. The number of benzene rings is 4. The molecule has 4 aromatic rings. The molecule has 0 amide bonds. The largest absolute Gasteiger partial charge is 0.456 e. The number of rotatable bonds is 12. The zero-order valence-electron chi connectivity index (χ0n) is 23.1. The van der Waals surface area contributed by atoms with Gasteiger partial charge in [0.25, 0.3) is 11.4 Å². The summed E-state index contributed by atoms with van der Waals surface area (Å²) in [5.41, 5.74) is 1.22. The molecule has 0 aliphatic carbocycles. The highest BCUT2D eigenvalue weighted by Gasteiger charge is 2.21. The predicted octanol–water partition coefficient (Wildman–Crippen LogP) is 8.97. The standard InChI is InChI=1S/C30H26Cl2N2O7S2/c1-3-13-42(39)29-15-19(5-9-25(29)31)23-17-21(33(35)36)7-11-27(23)41-28-12-8-22(34(37)38)18-24(28)20-6-10-26(32)30(16-20)43(40)14-4-2/h5-12,15-18H,3-4,13-14H2,1-2H3. The Morgan fingerprint density at radius 1 is 0.651 bits per heavy atom. The second-order valence-corrected chi connectivity index (χ2v) is 13.3. The second kappa shape index (κ2) is 14.2. The summed E-state index contributed by atoms with van der Waals surface area (Å²) in [4.78, 5) is 23.0. The molecule has 0 saturated carbocycles. The predicted molar refractivity (Wildman–Crippen MR) is 170 cm³/mol. The molecule has 2 unspecified atom stereocenters. The van der Waals surface area contributed by atoms with Crippen LogP contribution in [0.2, 0.25) is 10.0 Å². The number of nitro groups is 2. The lowest BCUT2D eigenvalue weighted by Gasteiger charge is -2.16. The van der Waals surface area contributed by atoms with Crippen molar-refractivity contribution in [3.05, 3.63) is 103 Å². The van der Waals surface area contributed by atoms with Crippen LogP contribution in [0, 0.1) is 20.2 Å². The van der Waals surface area contributed by atoms with Crippen molar-refractivity contribution in [1.29, 1.82) is 0 Å². The molecule has 4 rings (SSSR count). The van der Waals surface area contributed by atoms with E-state index in [9.17, 15) is 28.6 Å². The van der Waals surface area contributed by atoms with Crippen LogP contribution in [0.4, 0.5) is 11.4 Å². The molecule has 0 fully saturated rings. The van der Waals surface area contributed by atoms with E-state index in [-0.39, 0.29) is 22.9 Å². The SMILES string of the molecule is CCCS(=O)c1cc(-c2cc([N+](=O)[O-])ccc2Oc2ccc([N+](=O)[O-])cc2-c2ccc(Cl)c(S(=O)CCC)c2)ccc1Cl. The number of non-ortho nitro benzene ring substituents is 2. The average Bonchev–Trinajstić information content (AvgIpc) is 2.98. The van der Waals surface area contributed by atoms with E-state index in [4.69, 9.17) is 27.9 Å². The Morgan fingerprint density at radius 3 is 1.40 bits per heavy atom. The van der Waals surface area contributed by atoms with Crippen molar-refractivity contribution < 1.29 is 23.0 Å². The quantitative estimate of drug-likeness (QED) is 0.109. The van der Waals surface area contributed by atoms with E-state index in [1.165, 1.54) is 36.4 Å². The van der Waals surface area contributed by atoms with E-state index in [2.05, 4.69) is 0 Å². The highest BCUT2D eigenvalue weighted by atomic mass is 35.5. The Labute approximate surface area is 263 Å². The van der Waals surface area contributed by atoms with Crippen molar-refractivity contribution in [1.82, 2.24) is 0 Å². The first kappa shape index (κ1) is 32.3. The minimum atomic E-state index is -1.39. The fraction of sp³-hybridized carbons (Fsp3) is 0.200. The van der Waals surface area contributed by atoms with Gasteiger partial charge >= 0.3 is 0 Å². The third kappa shape index (κ3) is 7.48. The Hall–Kier alpha value is -3.64. The van der Waals surface area contributed by atoms with Gasteiger partial charge in [-0.05, 0) is 60.4 Å². The number of nitro benzene ring substituents is 2. The molecule has 0 spiro atoms. The van der Waals surface area contributed by atoms with E-state index in [1.807, 2.05) is 13.8 Å². The van der Waals surface area contributed by atoms with E-state index in [0.717, 1.165) is 0 Å². The molecule has 2 atom stereocenters. The number of hydrogen-bond donors (Lipinski definition) is 0. The van der Waals surface area contributed by atoms with Gasteiger partial charge < -0.3 is 4.74 Å². The molecular formula is C30H26Cl2N2O7S2. The molecule has 0 radical (unpaired) electrons. The first-order valence-corrected chi connectivity index (χ1v) is 16.5. The summed E-state index contributed by atoms with van der Waals surface area (Å²) >= 11 is 12.7. The van der Waals surface area contributed by atoms with Crippen LogP contribution < -0.4 is 4.74 Å². The van der Waals surface area contributed by atoms with Crippen LogP contribution in [-0.4, -0.2) is 29.8 Å². The molecule has 0 aromatic heterocycles. The van der Waals surface area contributed by atoms with Crippen molar-refractivity contribution in [2.45, 2.75) is 36.5 Å². The second-order valence-electron chi connectivity index (χ2n) is 9.37. The molecule has 0 bridgehead atoms. The van der Waals surface area contributed by atoms with E-state index < -0.39 is 31.4 Å². The Balaban J connectivity index is 1.89. The van der Waals surface area contributed by atoms with Gasteiger partial charge in [0.2, 0.25) is 0 Å². The van der Waals surface area contributed by atoms with Crippen molar-refractivity contribution in [3.63, 3.8) is 0 Å². The van der Waals surface area contributed by atoms with Crippen molar-refractivity contribution in [2.75, 3.05) is 11.5 Å². The fourth-order valence-electron chi connectivity index (χ4n) is 4.29. The van der Waals surface area contributed by atoms with Crippen molar-refractivity contribution >= 4 is 56.2 Å². The summed E-state index contributed by atoms with van der Waals surface area (Å²) < 4.78 is 32.0. The molecule has 13 heteroatoms. The smallest absolute Gasteiger partial charge is 0.270 e. The molecule has 0 heterocycles. The van der Waals surface area contributed by atoms with Crippen LogP contribution in [0.5, 0.6) is 11.5 Å². The normalized spacial score (nSPS) is 12.5. The van der Waals surface area contributed by atoms with Gasteiger partial charge in [-0.25, -0.2) is 0 Å². The topological polar surface area (TPSA) is 130 Å². The van der Waals surface area contributed by atoms with Crippen molar-refractivity contribution in [3.8, 4) is 33.8 Å². The van der Waals surface area contributed by atoms with Crippen LogP contribution in [-0.2, 0) is 21.6 Å². The maximum Gasteiger partial charge on any atom is 0.270 e. The zero-order chi connectivity index (χ0) is 31.3. The van der Waals surface area contributed by atoms with Crippen molar-refractivity contribution in [2.24, 2.45) is 0 Å². The van der Waals surface area contributed by atoms with E-state index >= 15 is 0 Å². The summed E-state index contributed by atoms with van der Waals surface area (Å²) in [6.07, 6.45) is 1.33. The summed E-state index contributed by atoms with van der Waals surface area (Å²) in [7, 11) is -2.78. The minimum absolute atomic E-state index is 0.196. The maximum absolute atomic E-state index is 12.8. The minimum Gasteiger partial charge on any atom is -0.456 e. The van der Waals surface area contributed by atoms with Gasteiger partial charge in [0.1, 0.15) is 11.5 Å². The summed E-state index contributed by atoms with van der Waals surface area (Å²) in [5, 5.41) is 23.9. The van der Waals surface area contributed by atoms with Gasteiger partial charge in [-0.2, -0.15) is 0 Å². The lowest BCUT2D eigenvalue weighted by molar-refractivity contribution is -0.385. The van der Waals surface area contributed by atoms with Gasteiger partial charge in [0, 0.05) is 46.9 Å². The zero-order valence-corrected chi connectivity index (χ0v) is 26.2. The van der Waals surface area contributed by atoms with E-state index in [0.29, 0.717) is 66.4 Å². The average molecular weight is 662 g/mol. The summed E-state index contributed by atoms with van der Waals surface area (Å²) in [6, 6.07) is 17.8. The molecular weight excluding hydrogens is 635 g/mol. The molecule has 43 heavy (non-hydrogen) atoms. The number of nitrogens with zero attached hydrogens (tertiary/aromatic N) is 2. The Morgan fingerprint density at radius 2 is 1.05 bits per heavy atom. The van der Waals surface area contributed by atoms with Gasteiger partial charge in [0.05, 0.1) is 51.3 Å². The molecule has 4 aromatic carbocycles. The van der Waals surface area contributed by atoms with Crippen LogP contribution in [0.1, 0.15) is 26.7 Å².